The maximum Gasteiger partial charge on any atom is 0.128 e. The number of rotatable bonds is 4. The Morgan fingerprint density at radius 2 is 2.19 bits per heavy atom. The lowest BCUT2D eigenvalue weighted by Crippen LogP contribution is -1.90. The molecule has 0 unspecified atom stereocenters. The van der Waals surface area contributed by atoms with Crippen molar-refractivity contribution >= 4 is 27.7 Å². The highest BCUT2D eigenvalue weighted by atomic mass is 79.9. The minimum Gasteiger partial charge on any atom is -0.395 e. The van der Waals surface area contributed by atoms with E-state index in [0.717, 1.165) is 9.50 Å². The zero-order chi connectivity index (χ0) is 15.1. The van der Waals surface area contributed by atoms with E-state index >= 15 is 0 Å². The minimum atomic E-state index is -0.273. The number of hydrogen-bond acceptors (Lipinski definition) is 3. The van der Waals surface area contributed by atoms with Gasteiger partial charge in [0, 0.05) is 28.4 Å². The van der Waals surface area contributed by atoms with Crippen molar-refractivity contribution in [1.29, 1.82) is 0 Å². The molecule has 21 heavy (non-hydrogen) atoms. The van der Waals surface area contributed by atoms with Crippen LogP contribution < -0.4 is 0 Å². The maximum atomic E-state index is 14.0. The molecule has 0 atom stereocenters. The Morgan fingerprint density at radius 3 is 2.90 bits per heavy atom. The van der Waals surface area contributed by atoms with Crippen LogP contribution in [-0.4, -0.2) is 16.7 Å². The molecule has 1 heterocycles. The Labute approximate surface area is 135 Å². The average molecular weight is 366 g/mol. The first-order chi connectivity index (χ1) is 10.2. The quantitative estimate of drug-likeness (QED) is 0.656. The summed E-state index contributed by atoms with van der Waals surface area (Å²) in [5.41, 5.74) is 1.24. The summed E-state index contributed by atoms with van der Waals surface area (Å²) < 4.78 is 14.9. The van der Waals surface area contributed by atoms with Crippen molar-refractivity contribution in [3.05, 3.63) is 57.9 Å². The summed E-state index contributed by atoms with van der Waals surface area (Å²) in [6.45, 7) is 0.0170. The van der Waals surface area contributed by atoms with Gasteiger partial charge < -0.3 is 5.11 Å². The SMILES string of the molecule is OCCC#Cc1ccc(CSc2ncccc2Br)c(F)c1. The van der Waals surface area contributed by atoms with Gasteiger partial charge in [0.05, 0.1) is 6.61 Å². The van der Waals surface area contributed by atoms with Crippen molar-refractivity contribution in [3.63, 3.8) is 0 Å². The molecule has 2 rings (SSSR count). The van der Waals surface area contributed by atoms with Crippen molar-refractivity contribution in [2.75, 3.05) is 6.61 Å². The van der Waals surface area contributed by atoms with Gasteiger partial charge in [-0.3, -0.25) is 0 Å². The number of thioether (sulfide) groups is 1. The third kappa shape index (κ3) is 4.85. The fourth-order valence-electron chi connectivity index (χ4n) is 1.59. The largest absolute Gasteiger partial charge is 0.395 e. The highest BCUT2D eigenvalue weighted by Gasteiger charge is 2.06. The Kier molecular flexibility index (Phi) is 6.24. The number of aliphatic hydroxyl groups excluding tert-OH is 1. The topological polar surface area (TPSA) is 33.1 Å². The second-order valence-electron chi connectivity index (χ2n) is 4.16. The average Bonchev–Trinajstić information content (AvgIpc) is 2.48. The second kappa shape index (κ2) is 8.18. The lowest BCUT2D eigenvalue weighted by atomic mass is 10.1. The van der Waals surface area contributed by atoms with Crippen LogP contribution >= 0.6 is 27.7 Å². The summed E-state index contributed by atoms with van der Waals surface area (Å²) in [4.78, 5) is 4.24. The van der Waals surface area contributed by atoms with E-state index in [4.69, 9.17) is 5.11 Å². The van der Waals surface area contributed by atoms with Gasteiger partial charge in [0.2, 0.25) is 0 Å². The van der Waals surface area contributed by atoms with Crippen LogP contribution in [0.15, 0.2) is 46.0 Å². The zero-order valence-electron chi connectivity index (χ0n) is 11.1. The molecule has 0 aliphatic heterocycles. The van der Waals surface area contributed by atoms with Gasteiger partial charge in [-0.1, -0.05) is 17.9 Å². The molecule has 0 bridgehead atoms. The molecule has 0 radical (unpaired) electrons. The van der Waals surface area contributed by atoms with Crippen LogP contribution in [0.2, 0.25) is 0 Å². The van der Waals surface area contributed by atoms with Crippen molar-refractivity contribution in [1.82, 2.24) is 4.98 Å². The van der Waals surface area contributed by atoms with Crippen LogP contribution in [0, 0.1) is 17.7 Å². The summed E-state index contributed by atoms with van der Waals surface area (Å²) in [5, 5.41) is 9.49. The molecule has 0 spiro atoms. The van der Waals surface area contributed by atoms with Crippen LogP contribution in [0.1, 0.15) is 17.5 Å². The smallest absolute Gasteiger partial charge is 0.128 e. The van der Waals surface area contributed by atoms with Crippen molar-refractivity contribution < 1.29 is 9.50 Å². The van der Waals surface area contributed by atoms with E-state index in [2.05, 4.69) is 32.8 Å². The van der Waals surface area contributed by atoms with E-state index in [9.17, 15) is 4.39 Å². The molecule has 0 fully saturated rings. The van der Waals surface area contributed by atoms with Gasteiger partial charge in [-0.2, -0.15) is 0 Å². The lowest BCUT2D eigenvalue weighted by molar-refractivity contribution is 0.305. The molecule has 0 aliphatic carbocycles. The molecular weight excluding hydrogens is 353 g/mol. The molecule has 0 amide bonds. The summed E-state index contributed by atoms with van der Waals surface area (Å²) in [6, 6.07) is 8.70. The highest BCUT2D eigenvalue weighted by Crippen LogP contribution is 2.28. The first kappa shape index (κ1) is 16.0. The molecule has 5 heteroatoms. The van der Waals surface area contributed by atoms with E-state index < -0.39 is 0 Å². The number of aliphatic hydroxyl groups is 1. The van der Waals surface area contributed by atoms with E-state index in [-0.39, 0.29) is 12.4 Å². The molecule has 0 saturated carbocycles. The van der Waals surface area contributed by atoms with Crippen LogP contribution in [0.3, 0.4) is 0 Å². The number of pyridine rings is 1. The molecule has 2 nitrogen and oxygen atoms in total. The standard InChI is InChI=1S/C16H13BrFNOS/c17-14-5-3-8-19-16(14)21-11-13-7-6-12(10-15(13)18)4-1-2-9-20/h3,5-8,10,20H,2,9,11H2. The second-order valence-corrected chi connectivity index (χ2v) is 5.98. The van der Waals surface area contributed by atoms with Crippen molar-refractivity contribution in [2.24, 2.45) is 0 Å². The van der Waals surface area contributed by atoms with Gasteiger partial charge in [0.1, 0.15) is 10.8 Å². The summed E-state index contributed by atoms with van der Waals surface area (Å²) >= 11 is 4.89. The summed E-state index contributed by atoms with van der Waals surface area (Å²) in [5.74, 6) is 5.83. The van der Waals surface area contributed by atoms with Gasteiger partial charge in [0.25, 0.3) is 0 Å². The van der Waals surface area contributed by atoms with Gasteiger partial charge in [-0.05, 0) is 45.8 Å². The lowest BCUT2D eigenvalue weighted by Gasteiger charge is -2.05. The third-order valence-corrected chi connectivity index (χ3v) is 4.57. The molecule has 1 aromatic carbocycles. The number of hydrogen-bond donors (Lipinski definition) is 1. The van der Waals surface area contributed by atoms with Crippen molar-refractivity contribution in [3.8, 4) is 11.8 Å². The number of nitrogens with zero attached hydrogens (tertiary/aromatic N) is 1. The van der Waals surface area contributed by atoms with Crippen LogP contribution in [0.25, 0.3) is 0 Å². The molecule has 0 saturated heterocycles. The monoisotopic (exact) mass is 365 g/mol. The zero-order valence-corrected chi connectivity index (χ0v) is 13.5. The number of aromatic nitrogens is 1. The van der Waals surface area contributed by atoms with E-state index in [1.54, 1.807) is 18.3 Å². The predicted octanol–water partition coefficient (Wildman–Crippen LogP) is 4.01. The Hall–Kier alpha value is -1.35. The number of halogens is 2. The Balaban J connectivity index is 2.05. The maximum absolute atomic E-state index is 14.0. The van der Waals surface area contributed by atoms with Crippen LogP contribution in [0.5, 0.6) is 0 Å². The first-order valence-corrected chi connectivity index (χ1v) is 8.10. The van der Waals surface area contributed by atoms with Crippen LogP contribution in [0.4, 0.5) is 4.39 Å². The van der Waals surface area contributed by atoms with Gasteiger partial charge in [-0.15, -0.1) is 11.8 Å². The molecular formula is C16H13BrFNOS. The Morgan fingerprint density at radius 1 is 1.33 bits per heavy atom. The molecule has 1 aromatic heterocycles. The van der Waals surface area contributed by atoms with Gasteiger partial charge >= 0.3 is 0 Å². The normalized spacial score (nSPS) is 10.0. The fourth-order valence-corrected chi connectivity index (χ4v) is 3.05. The van der Waals surface area contributed by atoms with E-state index in [0.29, 0.717) is 23.3 Å². The molecule has 2 aromatic rings. The molecule has 108 valence electrons. The van der Waals surface area contributed by atoms with Crippen molar-refractivity contribution in [2.45, 2.75) is 17.2 Å². The number of benzene rings is 1. The van der Waals surface area contributed by atoms with Gasteiger partial charge in [0.15, 0.2) is 0 Å². The Bertz CT molecular complexity index is 681. The van der Waals surface area contributed by atoms with Gasteiger partial charge in [-0.25, -0.2) is 9.37 Å². The summed E-state index contributed by atoms with van der Waals surface area (Å²) in [7, 11) is 0. The van der Waals surface area contributed by atoms with E-state index in [1.807, 2.05) is 12.1 Å². The summed E-state index contributed by atoms with van der Waals surface area (Å²) in [6.07, 6.45) is 2.11. The molecule has 1 N–H and O–H groups in total. The molecule has 0 aliphatic rings. The fraction of sp³-hybridized carbons (Fsp3) is 0.188. The predicted molar refractivity (Wildman–Crippen MR) is 86.5 cm³/mol. The first-order valence-electron chi connectivity index (χ1n) is 6.32. The minimum absolute atomic E-state index is 0.0170. The van der Waals surface area contributed by atoms with E-state index in [1.165, 1.54) is 17.8 Å². The highest BCUT2D eigenvalue weighted by molar-refractivity contribution is 9.10. The third-order valence-electron chi connectivity index (χ3n) is 2.61. The van der Waals surface area contributed by atoms with Crippen LogP contribution in [-0.2, 0) is 5.75 Å².